The molecule has 3 fully saturated rings. The molecule has 0 aromatic heterocycles. The Hall–Kier alpha value is -1.12. The summed E-state index contributed by atoms with van der Waals surface area (Å²) in [5.74, 6) is 0.801. The summed E-state index contributed by atoms with van der Waals surface area (Å²) in [7, 11) is 0. The van der Waals surface area contributed by atoms with E-state index in [0.29, 0.717) is 17.3 Å². The molecule has 0 radical (unpaired) electrons. The van der Waals surface area contributed by atoms with Crippen LogP contribution in [0.4, 0.5) is 0 Å². The molecular weight excluding hydrogens is 264 g/mol. The molecule has 0 aliphatic heterocycles. The number of fused-ring (bicyclic) bond motifs is 5. The van der Waals surface area contributed by atoms with Gasteiger partial charge in [-0.3, -0.25) is 9.59 Å². The van der Waals surface area contributed by atoms with Crippen molar-refractivity contribution in [2.45, 2.75) is 51.9 Å². The number of carbonyl (C=O) groups is 2. The minimum Gasteiger partial charge on any atom is -0.512 e. The highest BCUT2D eigenvalue weighted by atomic mass is 16.3. The zero-order valence-electron chi connectivity index (χ0n) is 12.7. The smallest absolute Gasteiger partial charge is 0.225 e. The van der Waals surface area contributed by atoms with E-state index in [1.807, 2.05) is 0 Å². The molecule has 4 aliphatic rings. The van der Waals surface area contributed by atoms with Gasteiger partial charge in [-0.25, -0.2) is 0 Å². The summed E-state index contributed by atoms with van der Waals surface area (Å²) < 4.78 is 0. The first-order valence-electron chi connectivity index (χ1n) is 8.50. The monoisotopic (exact) mass is 288 g/mol. The molecule has 0 saturated heterocycles. The molecule has 0 aromatic rings. The first-order chi connectivity index (χ1) is 10.0. The van der Waals surface area contributed by atoms with Crippen LogP contribution in [0.1, 0.15) is 51.9 Å². The van der Waals surface area contributed by atoms with Crippen LogP contribution in [0.3, 0.4) is 0 Å². The molecule has 3 heteroatoms. The van der Waals surface area contributed by atoms with Gasteiger partial charge in [0.25, 0.3) is 0 Å². The first kappa shape index (κ1) is 13.5. The van der Waals surface area contributed by atoms with Crippen molar-refractivity contribution in [1.29, 1.82) is 0 Å². The summed E-state index contributed by atoms with van der Waals surface area (Å²) >= 11 is 0. The van der Waals surface area contributed by atoms with E-state index < -0.39 is 5.78 Å². The van der Waals surface area contributed by atoms with E-state index in [4.69, 9.17) is 0 Å². The SMILES string of the molecule is C[C@@]12CCC[C@H]1[C@@H]1CCC3C(O)=CC(=O)C(=O)[C@@H]3[C@H]1CC2. The van der Waals surface area contributed by atoms with Gasteiger partial charge in [-0.15, -0.1) is 0 Å². The molecule has 3 saturated carbocycles. The van der Waals surface area contributed by atoms with Gasteiger partial charge in [-0.05, 0) is 61.7 Å². The standard InChI is InChI=1S/C18H24O3/c1-18-7-2-3-13(18)10-4-5-12-14(19)9-15(20)17(21)16(12)11(10)6-8-18/h9-13,16,19H,2-8H2,1H3/t10-,11+,12?,13+,16-,18+/m1/s1. The molecule has 0 aromatic carbocycles. The van der Waals surface area contributed by atoms with Crippen LogP contribution in [-0.2, 0) is 9.59 Å². The average Bonchev–Trinajstić information content (AvgIpc) is 2.85. The lowest BCUT2D eigenvalue weighted by Gasteiger charge is -2.53. The van der Waals surface area contributed by atoms with Crippen molar-refractivity contribution >= 4 is 11.6 Å². The average molecular weight is 288 g/mol. The Morgan fingerprint density at radius 2 is 1.90 bits per heavy atom. The fourth-order valence-corrected chi connectivity index (χ4v) is 6.21. The quantitative estimate of drug-likeness (QED) is 0.695. The number of ketones is 2. The summed E-state index contributed by atoms with van der Waals surface area (Å²) in [6.07, 6.45) is 9.35. The highest BCUT2D eigenvalue weighted by Gasteiger charge is 2.56. The number of aliphatic hydroxyl groups is 1. The van der Waals surface area contributed by atoms with E-state index in [2.05, 4.69) is 6.92 Å². The van der Waals surface area contributed by atoms with E-state index in [1.54, 1.807) is 0 Å². The molecular formula is C18H24O3. The van der Waals surface area contributed by atoms with Gasteiger partial charge in [0, 0.05) is 17.9 Å². The van der Waals surface area contributed by atoms with Crippen molar-refractivity contribution in [3.63, 3.8) is 0 Å². The molecule has 6 atom stereocenters. The molecule has 3 nitrogen and oxygen atoms in total. The van der Waals surface area contributed by atoms with Crippen molar-refractivity contribution in [3.8, 4) is 0 Å². The fourth-order valence-electron chi connectivity index (χ4n) is 6.21. The van der Waals surface area contributed by atoms with Crippen LogP contribution in [-0.4, -0.2) is 16.7 Å². The number of hydrogen-bond acceptors (Lipinski definition) is 3. The lowest BCUT2D eigenvalue weighted by Crippen LogP contribution is -2.51. The Kier molecular flexibility index (Phi) is 2.86. The minimum atomic E-state index is -0.478. The Morgan fingerprint density at radius 3 is 2.71 bits per heavy atom. The molecule has 1 unspecified atom stereocenters. The maximum atomic E-state index is 12.4. The van der Waals surface area contributed by atoms with E-state index in [1.165, 1.54) is 31.8 Å². The van der Waals surface area contributed by atoms with Gasteiger partial charge in [-0.1, -0.05) is 13.3 Å². The predicted molar refractivity (Wildman–Crippen MR) is 78.6 cm³/mol. The molecule has 0 bridgehead atoms. The topological polar surface area (TPSA) is 54.4 Å². The zero-order valence-corrected chi connectivity index (χ0v) is 12.7. The molecule has 4 aliphatic carbocycles. The highest BCUT2D eigenvalue weighted by molar-refractivity contribution is 6.43. The number of rotatable bonds is 0. The van der Waals surface area contributed by atoms with Crippen molar-refractivity contribution in [2.75, 3.05) is 0 Å². The number of Topliss-reactive ketones (excluding diaryl/α,β-unsaturated/α-hetero) is 1. The van der Waals surface area contributed by atoms with Crippen LogP contribution in [0.25, 0.3) is 0 Å². The second-order valence-corrected chi connectivity index (χ2v) is 8.03. The normalized spacial score (nSPS) is 49.2. The van der Waals surface area contributed by atoms with E-state index in [0.717, 1.165) is 25.2 Å². The Balaban J connectivity index is 1.69. The molecule has 0 heterocycles. The van der Waals surface area contributed by atoms with Crippen LogP contribution in [0.15, 0.2) is 11.8 Å². The van der Waals surface area contributed by atoms with Gasteiger partial charge in [0.2, 0.25) is 11.6 Å². The maximum Gasteiger partial charge on any atom is 0.225 e. The van der Waals surface area contributed by atoms with Crippen LogP contribution < -0.4 is 0 Å². The van der Waals surface area contributed by atoms with Gasteiger partial charge >= 0.3 is 0 Å². The largest absolute Gasteiger partial charge is 0.512 e. The fraction of sp³-hybridized carbons (Fsp3) is 0.778. The maximum absolute atomic E-state index is 12.4. The summed E-state index contributed by atoms with van der Waals surface area (Å²) in [4.78, 5) is 24.3. The lowest BCUT2D eigenvalue weighted by molar-refractivity contribution is -0.145. The second kappa shape index (κ2) is 4.44. The molecule has 114 valence electrons. The lowest BCUT2D eigenvalue weighted by atomic mass is 9.51. The molecule has 0 amide bonds. The van der Waals surface area contributed by atoms with E-state index in [9.17, 15) is 14.7 Å². The van der Waals surface area contributed by atoms with Crippen molar-refractivity contribution in [1.82, 2.24) is 0 Å². The van der Waals surface area contributed by atoms with Crippen molar-refractivity contribution < 1.29 is 14.7 Å². The predicted octanol–water partition coefficient (Wildman–Crippen LogP) is 3.44. The Morgan fingerprint density at radius 1 is 1.10 bits per heavy atom. The first-order valence-corrected chi connectivity index (χ1v) is 8.50. The third-order valence-electron chi connectivity index (χ3n) is 7.18. The minimum absolute atomic E-state index is 0.0813. The summed E-state index contributed by atoms with van der Waals surface area (Å²) in [6.45, 7) is 2.43. The Bertz CT molecular complexity index is 535. The Labute approximate surface area is 125 Å². The number of hydrogen-bond donors (Lipinski definition) is 1. The van der Waals surface area contributed by atoms with Gasteiger partial charge < -0.3 is 5.11 Å². The highest BCUT2D eigenvalue weighted by Crippen LogP contribution is 2.61. The van der Waals surface area contributed by atoms with Crippen LogP contribution in [0, 0.1) is 35.0 Å². The summed E-state index contributed by atoms with van der Waals surface area (Å²) in [6, 6.07) is 0. The van der Waals surface area contributed by atoms with Crippen LogP contribution in [0.2, 0.25) is 0 Å². The van der Waals surface area contributed by atoms with E-state index in [-0.39, 0.29) is 23.4 Å². The summed E-state index contributed by atoms with van der Waals surface area (Å²) in [5.41, 5.74) is 0.466. The van der Waals surface area contributed by atoms with Gasteiger partial charge in [0.1, 0.15) is 5.76 Å². The molecule has 0 spiro atoms. The van der Waals surface area contributed by atoms with Crippen molar-refractivity contribution in [2.24, 2.45) is 35.0 Å². The number of aliphatic hydroxyl groups excluding tert-OH is 1. The van der Waals surface area contributed by atoms with E-state index >= 15 is 0 Å². The number of allylic oxidation sites excluding steroid dienone is 2. The zero-order chi connectivity index (χ0) is 14.8. The molecule has 21 heavy (non-hydrogen) atoms. The molecule has 1 N–H and O–H groups in total. The third-order valence-corrected chi connectivity index (χ3v) is 7.18. The van der Waals surface area contributed by atoms with Crippen LogP contribution >= 0.6 is 0 Å². The van der Waals surface area contributed by atoms with Gasteiger partial charge in [-0.2, -0.15) is 0 Å². The van der Waals surface area contributed by atoms with Gasteiger partial charge in [0.05, 0.1) is 0 Å². The van der Waals surface area contributed by atoms with Gasteiger partial charge in [0.15, 0.2) is 0 Å². The second-order valence-electron chi connectivity index (χ2n) is 8.03. The number of carbonyl (C=O) groups excluding carboxylic acids is 2. The van der Waals surface area contributed by atoms with Crippen molar-refractivity contribution in [3.05, 3.63) is 11.8 Å². The van der Waals surface area contributed by atoms with Crippen LogP contribution in [0.5, 0.6) is 0 Å². The molecule has 4 rings (SSSR count). The third kappa shape index (κ3) is 1.79. The summed E-state index contributed by atoms with van der Waals surface area (Å²) in [5, 5.41) is 10.1.